The van der Waals surface area contributed by atoms with Gasteiger partial charge < -0.3 is 4.74 Å². The minimum absolute atomic E-state index is 0. The van der Waals surface area contributed by atoms with Crippen molar-refractivity contribution in [1.29, 1.82) is 0 Å². The van der Waals surface area contributed by atoms with Gasteiger partial charge in [-0.1, -0.05) is 36.1 Å². The van der Waals surface area contributed by atoms with E-state index in [4.69, 9.17) is 0 Å². The van der Waals surface area contributed by atoms with Crippen molar-refractivity contribution >= 4 is 29.9 Å². The molecule has 0 bridgehead atoms. The molecule has 0 aromatic heterocycles. The number of hydrogen-bond acceptors (Lipinski definition) is 2. The van der Waals surface area contributed by atoms with Crippen LogP contribution in [0, 0.1) is 5.92 Å². The predicted molar refractivity (Wildman–Crippen MR) is 57.4 cm³/mol. The first kappa shape index (κ1) is 29.5. The molecule has 12 heavy (non-hydrogen) atoms. The third-order valence-electron chi connectivity index (χ3n) is 1.22. The number of rotatable bonds is 2. The number of methoxy groups -OCH3 is 1. The molecule has 0 aromatic rings. The Balaban J connectivity index is -0.0000000408. The number of ether oxygens (including phenoxy) is 1. The molecule has 3 heteroatoms. The standard InChI is InChI=1S/C6H12O2.3CH4.Sn/c1-4-5(2)6(7)8-3;;;;/h5H,4H2,1-3H3;3*1H4;. The third-order valence-corrected chi connectivity index (χ3v) is 1.22. The van der Waals surface area contributed by atoms with E-state index in [9.17, 15) is 4.79 Å². The zero-order valence-corrected chi connectivity index (χ0v) is 8.96. The topological polar surface area (TPSA) is 26.3 Å². The Kier molecular flexibility index (Phi) is 42.7. The molecule has 0 amide bonds. The predicted octanol–water partition coefficient (Wildman–Crippen LogP) is 2.73. The first-order chi connectivity index (χ1) is 3.72. The smallest absolute Gasteiger partial charge is 0.308 e. The van der Waals surface area contributed by atoms with E-state index in [1.54, 1.807) is 0 Å². The van der Waals surface area contributed by atoms with Crippen LogP contribution in [0.15, 0.2) is 0 Å². The maximum atomic E-state index is 10.5. The maximum Gasteiger partial charge on any atom is 0.308 e. The largest absolute Gasteiger partial charge is 0.469 e. The molecule has 0 heterocycles. The van der Waals surface area contributed by atoms with Crippen molar-refractivity contribution in [3.63, 3.8) is 0 Å². The van der Waals surface area contributed by atoms with Crippen LogP contribution in [-0.2, 0) is 9.53 Å². The van der Waals surface area contributed by atoms with Gasteiger partial charge in [0, 0.05) is 23.9 Å². The van der Waals surface area contributed by atoms with Crippen molar-refractivity contribution in [3.8, 4) is 0 Å². The van der Waals surface area contributed by atoms with E-state index in [1.807, 2.05) is 13.8 Å². The van der Waals surface area contributed by atoms with Crippen molar-refractivity contribution in [3.05, 3.63) is 0 Å². The van der Waals surface area contributed by atoms with Crippen molar-refractivity contribution < 1.29 is 9.53 Å². The van der Waals surface area contributed by atoms with Gasteiger partial charge in [-0.15, -0.1) is 0 Å². The summed E-state index contributed by atoms with van der Waals surface area (Å²) in [4.78, 5) is 10.5. The van der Waals surface area contributed by atoms with Gasteiger partial charge in [0.2, 0.25) is 0 Å². The van der Waals surface area contributed by atoms with Gasteiger partial charge in [-0.25, -0.2) is 0 Å². The Labute approximate surface area is 95.0 Å². The number of carbonyl (C=O) groups is 1. The van der Waals surface area contributed by atoms with Crippen LogP contribution in [0.4, 0.5) is 0 Å². The van der Waals surface area contributed by atoms with E-state index in [0.717, 1.165) is 6.42 Å². The van der Waals surface area contributed by atoms with Crippen molar-refractivity contribution in [2.75, 3.05) is 7.11 Å². The summed E-state index contributed by atoms with van der Waals surface area (Å²) >= 11 is 0. The van der Waals surface area contributed by atoms with E-state index < -0.39 is 0 Å². The molecular weight excluding hydrogens is 259 g/mol. The minimum Gasteiger partial charge on any atom is -0.469 e. The van der Waals surface area contributed by atoms with Gasteiger partial charge in [0.15, 0.2) is 0 Å². The molecule has 76 valence electrons. The van der Waals surface area contributed by atoms with Gasteiger partial charge >= 0.3 is 5.97 Å². The number of hydrogen-bond donors (Lipinski definition) is 0. The van der Waals surface area contributed by atoms with E-state index in [0.29, 0.717) is 0 Å². The van der Waals surface area contributed by atoms with Crippen LogP contribution >= 0.6 is 0 Å². The van der Waals surface area contributed by atoms with Gasteiger partial charge in [-0.3, -0.25) is 4.79 Å². The average molecular weight is 283 g/mol. The molecule has 0 N–H and O–H groups in total. The van der Waals surface area contributed by atoms with Crippen LogP contribution in [0.25, 0.3) is 0 Å². The summed E-state index contributed by atoms with van der Waals surface area (Å²) in [5.74, 6) is -0.0625. The molecule has 1 atom stereocenters. The molecule has 2 nitrogen and oxygen atoms in total. The van der Waals surface area contributed by atoms with E-state index in [-0.39, 0.29) is 58.1 Å². The summed E-state index contributed by atoms with van der Waals surface area (Å²) in [6, 6.07) is 0. The van der Waals surface area contributed by atoms with Crippen LogP contribution in [0.2, 0.25) is 0 Å². The summed E-state index contributed by atoms with van der Waals surface area (Å²) in [7, 11) is 1.41. The first-order valence-electron chi connectivity index (χ1n) is 2.80. The SMILES string of the molecule is C.C.C.CCC(C)C(=O)OC.[Sn]. The first-order valence-corrected chi connectivity index (χ1v) is 2.80. The second-order valence-electron chi connectivity index (χ2n) is 1.83. The Morgan fingerprint density at radius 2 is 1.67 bits per heavy atom. The average Bonchev–Trinajstić information content (AvgIpc) is 1.84. The van der Waals surface area contributed by atoms with E-state index >= 15 is 0 Å². The van der Waals surface area contributed by atoms with Crippen molar-refractivity contribution in [1.82, 2.24) is 0 Å². The fraction of sp³-hybridized carbons (Fsp3) is 0.889. The van der Waals surface area contributed by atoms with Crippen LogP contribution in [-0.4, -0.2) is 37.0 Å². The summed E-state index contributed by atoms with van der Waals surface area (Å²) in [6.07, 6.45) is 0.854. The maximum absolute atomic E-state index is 10.5. The van der Waals surface area contributed by atoms with Crippen LogP contribution in [0.1, 0.15) is 42.5 Å². The molecule has 0 aromatic carbocycles. The van der Waals surface area contributed by atoms with Gasteiger partial charge in [0.25, 0.3) is 0 Å². The molecule has 0 rings (SSSR count). The summed E-state index contributed by atoms with van der Waals surface area (Å²) in [5.41, 5.74) is 0. The third kappa shape index (κ3) is 12.9. The molecule has 4 radical (unpaired) electrons. The monoisotopic (exact) mass is 284 g/mol. The van der Waals surface area contributed by atoms with Crippen LogP contribution in [0.3, 0.4) is 0 Å². The second-order valence-corrected chi connectivity index (χ2v) is 1.83. The van der Waals surface area contributed by atoms with Crippen molar-refractivity contribution in [2.45, 2.75) is 42.5 Å². The van der Waals surface area contributed by atoms with Crippen LogP contribution < -0.4 is 0 Å². The van der Waals surface area contributed by atoms with Gasteiger partial charge in [0.05, 0.1) is 13.0 Å². The zero-order chi connectivity index (χ0) is 6.57. The van der Waals surface area contributed by atoms with E-state index in [1.165, 1.54) is 7.11 Å². The van der Waals surface area contributed by atoms with E-state index in [2.05, 4.69) is 4.74 Å². The molecule has 0 fully saturated rings. The summed E-state index contributed by atoms with van der Waals surface area (Å²) < 4.78 is 4.46. The van der Waals surface area contributed by atoms with Crippen molar-refractivity contribution in [2.24, 2.45) is 5.92 Å². The summed E-state index contributed by atoms with van der Waals surface area (Å²) in [5, 5.41) is 0. The minimum atomic E-state index is -0.118. The Bertz CT molecular complexity index is 84.6. The molecule has 0 saturated heterocycles. The number of carbonyl (C=O) groups excluding carboxylic acids is 1. The molecule has 1 unspecified atom stereocenters. The quantitative estimate of drug-likeness (QED) is 0.575. The summed E-state index contributed by atoms with van der Waals surface area (Å²) in [6.45, 7) is 3.81. The fourth-order valence-electron chi connectivity index (χ4n) is 0.368. The van der Waals surface area contributed by atoms with Crippen LogP contribution in [0.5, 0.6) is 0 Å². The fourth-order valence-corrected chi connectivity index (χ4v) is 0.368. The Hall–Kier alpha value is 0.269. The van der Waals surface area contributed by atoms with Gasteiger partial charge in [0.1, 0.15) is 0 Å². The second kappa shape index (κ2) is 17.4. The Morgan fingerprint density at radius 3 is 1.75 bits per heavy atom. The van der Waals surface area contributed by atoms with Gasteiger partial charge in [-0.2, -0.15) is 0 Å². The molecule has 0 spiro atoms. The van der Waals surface area contributed by atoms with Gasteiger partial charge in [-0.05, 0) is 6.42 Å². The zero-order valence-electron chi connectivity index (χ0n) is 6.10. The molecule has 0 aliphatic heterocycles. The molecule has 0 aliphatic carbocycles. The number of esters is 1. The molecular formula is C9H24O2Sn. The normalized spacial score (nSPS) is 8.58. The molecule has 0 aliphatic rings. The molecule has 0 saturated carbocycles. The Morgan fingerprint density at radius 1 is 1.33 bits per heavy atom.